The molecule has 0 aromatic heterocycles. The molecular weight excluding hydrogens is 736 g/mol. The summed E-state index contributed by atoms with van der Waals surface area (Å²) >= 11 is 0. The standard InChI is InChI=1S/C14H19F3O3.C10H16O.C8H17N3.C4H5F3O3.ClH/c1-13(19,14(15,16)17)12(18)20-11-9-3-7-2-8(5-9)6-10(11)4-7;11-10-8-2-6-1-7(4-8)5-9(10)3-6;1-4-9-8-10-6-5-7-11(2)3;1-3(10,2(8)9)4(5,6)7;/h7-11,19H,2-6H2,1H3;6-11H,1-5H2;4-7H2,1-3H3;10H,1H3,(H,8,9);1H. The molecule has 0 radical (unpaired) electrons. The van der Waals surface area contributed by atoms with Crippen LogP contribution in [0.1, 0.15) is 91.4 Å². The summed E-state index contributed by atoms with van der Waals surface area (Å²) in [6.07, 6.45) is 2.44. The molecule has 8 bridgehead atoms. The number of aliphatic hydroxyl groups excluding tert-OH is 1. The molecule has 0 amide bonds. The van der Waals surface area contributed by atoms with Crippen molar-refractivity contribution >= 4 is 30.4 Å². The Labute approximate surface area is 314 Å². The van der Waals surface area contributed by atoms with Crippen LogP contribution in [0, 0.1) is 47.3 Å². The highest BCUT2D eigenvalue weighted by Crippen LogP contribution is 2.55. The summed E-state index contributed by atoms with van der Waals surface area (Å²) in [6, 6.07) is 2.64. The van der Waals surface area contributed by atoms with E-state index < -0.39 is 41.6 Å². The topological polar surface area (TPSA) is 152 Å². The zero-order chi connectivity index (χ0) is 39.2. The summed E-state index contributed by atoms with van der Waals surface area (Å²) in [7, 11) is 4.12. The summed E-state index contributed by atoms with van der Waals surface area (Å²) in [6.45, 7) is 5.30. The lowest BCUT2D eigenvalue weighted by atomic mass is 9.55. The van der Waals surface area contributed by atoms with Gasteiger partial charge < -0.3 is 30.1 Å². The first-order valence-corrected chi connectivity index (χ1v) is 18.4. The van der Waals surface area contributed by atoms with Gasteiger partial charge in [0.05, 0.1) is 18.7 Å². The van der Waals surface area contributed by atoms with E-state index in [1.807, 2.05) is 6.92 Å². The normalized spacial score (nSPS) is 33.9. The van der Waals surface area contributed by atoms with Gasteiger partial charge in [0.25, 0.3) is 11.2 Å². The van der Waals surface area contributed by atoms with Gasteiger partial charge in [-0.3, -0.25) is 0 Å². The molecule has 53 heavy (non-hydrogen) atoms. The van der Waals surface area contributed by atoms with Crippen molar-refractivity contribution in [2.75, 3.05) is 33.7 Å². The van der Waals surface area contributed by atoms with E-state index >= 15 is 0 Å². The fraction of sp³-hybridized carbons (Fsp3) is 0.917. The first kappa shape index (κ1) is 47.2. The number of hydrogen-bond acceptors (Lipinski definition) is 9. The van der Waals surface area contributed by atoms with Gasteiger partial charge in [0.1, 0.15) is 6.10 Å². The quantitative estimate of drug-likeness (QED) is 0.0953. The van der Waals surface area contributed by atoms with Gasteiger partial charge in [-0.05, 0) is 159 Å². The first-order chi connectivity index (χ1) is 24.0. The molecule has 4 N–H and O–H groups in total. The molecule has 8 saturated carbocycles. The number of alkyl halides is 6. The third-order valence-corrected chi connectivity index (χ3v) is 11.7. The largest absolute Gasteiger partial charge is 0.479 e. The predicted molar refractivity (Wildman–Crippen MR) is 187 cm³/mol. The molecule has 8 fully saturated rings. The number of carbonyl (C=O) groups is 2. The Morgan fingerprint density at radius 2 is 1.13 bits per heavy atom. The zero-order valence-corrected chi connectivity index (χ0v) is 32.0. The van der Waals surface area contributed by atoms with E-state index in [1.54, 1.807) is 0 Å². The second-order valence-electron chi connectivity index (χ2n) is 16.3. The molecule has 10 nitrogen and oxygen atoms in total. The van der Waals surface area contributed by atoms with Gasteiger partial charge in [-0.1, -0.05) is 0 Å². The van der Waals surface area contributed by atoms with Crippen LogP contribution < -0.4 is 0 Å². The van der Waals surface area contributed by atoms with E-state index in [1.165, 1.54) is 38.5 Å². The Morgan fingerprint density at radius 3 is 1.45 bits per heavy atom. The van der Waals surface area contributed by atoms with E-state index in [0.717, 1.165) is 63.6 Å². The number of rotatable bonds is 8. The predicted octanol–water partition coefficient (Wildman–Crippen LogP) is 6.41. The van der Waals surface area contributed by atoms with Gasteiger partial charge in [-0.25, -0.2) is 19.6 Å². The highest BCUT2D eigenvalue weighted by Gasteiger charge is 2.59. The molecule has 2 unspecified atom stereocenters. The number of nitrogens with zero attached hydrogens (tertiary/aromatic N) is 3. The average Bonchev–Trinajstić information content (AvgIpc) is 3.02. The minimum atomic E-state index is -5.13. The van der Waals surface area contributed by atoms with Crippen LogP contribution in [0.15, 0.2) is 9.98 Å². The highest BCUT2D eigenvalue weighted by molar-refractivity contribution is 5.85. The maximum atomic E-state index is 12.6. The van der Waals surface area contributed by atoms with Crippen LogP contribution in [0.2, 0.25) is 0 Å². The molecular formula is C36H58ClF6N3O7. The summed E-state index contributed by atoms with van der Waals surface area (Å²) in [5, 5.41) is 35.2. The minimum absolute atomic E-state index is 0. The number of aliphatic carboxylic acids is 1. The lowest BCUT2D eigenvalue weighted by molar-refractivity contribution is -0.263. The van der Waals surface area contributed by atoms with Crippen molar-refractivity contribution in [2.45, 2.75) is 127 Å². The number of carboxylic acid groups (broad SMARTS) is 1. The zero-order valence-electron chi connectivity index (χ0n) is 31.2. The van der Waals surface area contributed by atoms with Gasteiger partial charge in [-0.15, -0.1) is 12.4 Å². The molecule has 17 heteroatoms. The summed E-state index contributed by atoms with van der Waals surface area (Å²) < 4.78 is 77.4. The molecule has 8 aliphatic rings. The monoisotopic (exact) mass is 793 g/mol. The van der Waals surface area contributed by atoms with Gasteiger partial charge in [0.15, 0.2) is 0 Å². The van der Waals surface area contributed by atoms with Crippen LogP contribution in [0.5, 0.6) is 0 Å². The van der Waals surface area contributed by atoms with E-state index in [4.69, 9.17) is 14.9 Å². The molecule has 0 aromatic rings. The van der Waals surface area contributed by atoms with E-state index in [0.29, 0.717) is 30.6 Å². The molecule has 8 rings (SSSR count). The SMILES string of the molecule is CC(O)(C(=O)O)C(F)(F)F.CC(O)(C(=O)OC1C2CC3CC(C2)CC1C3)C(F)(F)F.CCN=C=NCCCN(C)C.Cl.OC1C2CC3CC(C2)CC1C3. The number of halogens is 7. The van der Waals surface area contributed by atoms with E-state index in [-0.39, 0.29) is 37.3 Å². The molecule has 0 saturated heterocycles. The molecule has 2 atom stereocenters. The third kappa shape index (κ3) is 12.5. The summed E-state index contributed by atoms with van der Waals surface area (Å²) in [5.41, 5.74) is -7.06. The first-order valence-electron chi connectivity index (χ1n) is 18.4. The highest BCUT2D eigenvalue weighted by atomic mass is 35.5. The van der Waals surface area contributed by atoms with Gasteiger partial charge in [0.2, 0.25) is 0 Å². The van der Waals surface area contributed by atoms with Crippen LogP contribution in [-0.4, -0.2) is 113 Å². The molecule has 0 heterocycles. The molecule has 0 spiro atoms. The lowest BCUT2D eigenvalue weighted by Gasteiger charge is -2.53. The van der Waals surface area contributed by atoms with Crippen molar-refractivity contribution in [1.82, 2.24) is 4.90 Å². The summed E-state index contributed by atoms with van der Waals surface area (Å²) in [5.74, 6) is 1.20. The molecule has 8 aliphatic carbocycles. The van der Waals surface area contributed by atoms with Crippen molar-refractivity contribution < 1.29 is 61.1 Å². The fourth-order valence-electron chi connectivity index (χ4n) is 9.08. The van der Waals surface area contributed by atoms with Crippen molar-refractivity contribution in [3.8, 4) is 0 Å². The Hall–Kier alpha value is -1.97. The molecule has 0 aromatic carbocycles. The number of aliphatic imine (C=N–C) groups is 2. The van der Waals surface area contributed by atoms with Crippen molar-refractivity contribution in [1.29, 1.82) is 0 Å². The third-order valence-electron chi connectivity index (χ3n) is 11.7. The van der Waals surface area contributed by atoms with E-state index in [2.05, 4.69) is 35.0 Å². The number of aliphatic hydroxyl groups is 3. The number of hydrogen-bond donors (Lipinski definition) is 4. The Bertz CT molecular complexity index is 1200. The van der Waals surface area contributed by atoms with Gasteiger partial charge in [-0.2, -0.15) is 26.3 Å². The maximum absolute atomic E-state index is 12.6. The second-order valence-corrected chi connectivity index (χ2v) is 16.3. The smallest absolute Gasteiger partial charge is 0.427 e. The van der Waals surface area contributed by atoms with Crippen LogP contribution >= 0.6 is 12.4 Å². The van der Waals surface area contributed by atoms with Crippen molar-refractivity contribution in [2.24, 2.45) is 57.3 Å². The average molecular weight is 794 g/mol. The van der Waals surface area contributed by atoms with Gasteiger partial charge in [0, 0.05) is 6.54 Å². The van der Waals surface area contributed by atoms with Crippen LogP contribution in [0.3, 0.4) is 0 Å². The Balaban J connectivity index is 0.000000256. The molecule has 308 valence electrons. The molecule has 0 aliphatic heterocycles. The van der Waals surface area contributed by atoms with Crippen LogP contribution in [-0.2, 0) is 14.3 Å². The van der Waals surface area contributed by atoms with Crippen LogP contribution in [0.25, 0.3) is 0 Å². The number of ether oxygens (including phenoxy) is 1. The minimum Gasteiger partial charge on any atom is -0.479 e. The maximum Gasteiger partial charge on any atom is 0.427 e. The Kier molecular flexibility index (Phi) is 17.1. The van der Waals surface area contributed by atoms with Crippen LogP contribution in [0.4, 0.5) is 26.3 Å². The number of esters is 1. The number of carbonyl (C=O) groups excluding carboxylic acids is 1. The van der Waals surface area contributed by atoms with Crippen molar-refractivity contribution in [3.63, 3.8) is 0 Å². The summed E-state index contributed by atoms with van der Waals surface area (Å²) in [4.78, 5) is 31.4. The fourth-order valence-corrected chi connectivity index (χ4v) is 9.08. The van der Waals surface area contributed by atoms with Gasteiger partial charge >= 0.3 is 24.3 Å². The second kappa shape index (κ2) is 19.3. The number of carboxylic acids is 1. The van der Waals surface area contributed by atoms with Crippen molar-refractivity contribution in [3.05, 3.63) is 0 Å². The Morgan fingerprint density at radius 1 is 0.736 bits per heavy atom. The van der Waals surface area contributed by atoms with E-state index in [9.17, 15) is 46.1 Å². The lowest BCUT2D eigenvalue weighted by Crippen LogP contribution is -2.55.